The number of aromatic nitrogens is 2. The van der Waals surface area contributed by atoms with Crippen LogP contribution >= 0.6 is 0 Å². The van der Waals surface area contributed by atoms with Crippen molar-refractivity contribution >= 4 is 16.6 Å². The van der Waals surface area contributed by atoms with Gasteiger partial charge in [0.05, 0.1) is 17.4 Å². The summed E-state index contributed by atoms with van der Waals surface area (Å²) < 4.78 is 38.8. The van der Waals surface area contributed by atoms with E-state index in [0.29, 0.717) is 10.9 Å². The van der Waals surface area contributed by atoms with E-state index in [9.17, 15) is 13.2 Å². The minimum atomic E-state index is -4.33. The van der Waals surface area contributed by atoms with Crippen molar-refractivity contribution in [3.8, 4) is 11.3 Å². The first kappa shape index (κ1) is 16.0. The van der Waals surface area contributed by atoms with Crippen molar-refractivity contribution < 1.29 is 13.2 Å². The Morgan fingerprint density at radius 2 is 1.80 bits per heavy atom. The van der Waals surface area contributed by atoms with E-state index < -0.39 is 11.7 Å². The van der Waals surface area contributed by atoms with E-state index in [0.717, 1.165) is 48.9 Å². The van der Waals surface area contributed by atoms with Gasteiger partial charge < -0.3 is 9.88 Å². The molecule has 1 aliphatic heterocycles. The Hall–Kier alpha value is -2.50. The molecule has 3 nitrogen and oxygen atoms in total. The van der Waals surface area contributed by atoms with Gasteiger partial charge in [-0.3, -0.25) is 4.98 Å². The van der Waals surface area contributed by atoms with Crippen LogP contribution in [-0.2, 0) is 6.18 Å². The summed E-state index contributed by atoms with van der Waals surface area (Å²) in [5.74, 6) is 0. The number of hydrogen-bond acceptors (Lipinski definition) is 2. The van der Waals surface area contributed by atoms with E-state index in [1.54, 1.807) is 12.3 Å². The Bertz CT molecular complexity index is 892. The molecule has 1 aromatic carbocycles. The molecule has 1 aliphatic rings. The first-order valence-corrected chi connectivity index (χ1v) is 8.42. The van der Waals surface area contributed by atoms with Crippen LogP contribution in [0.2, 0.25) is 0 Å². The van der Waals surface area contributed by atoms with E-state index in [1.807, 2.05) is 12.3 Å². The molecule has 0 spiro atoms. The third-order valence-corrected chi connectivity index (χ3v) is 4.74. The Morgan fingerprint density at radius 1 is 1.00 bits per heavy atom. The lowest BCUT2D eigenvalue weighted by Gasteiger charge is -2.30. The zero-order chi connectivity index (χ0) is 17.4. The highest BCUT2D eigenvalue weighted by atomic mass is 19.4. The largest absolute Gasteiger partial charge is 0.416 e. The molecule has 1 saturated heterocycles. The predicted molar refractivity (Wildman–Crippen MR) is 92.6 cm³/mol. The average molecular weight is 345 g/mol. The van der Waals surface area contributed by atoms with Crippen LogP contribution in [0, 0.1) is 0 Å². The van der Waals surface area contributed by atoms with Gasteiger partial charge in [0, 0.05) is 41.4 Å². The lowest BCUT2D eigenvalue weighted by molar-refractivity contribution is -0.137. The fourth-order valence-electron chi connectivity index (χ4n) is 3.45. The minimum Gasteiger partial charge on any atom is -0.370 e. The first-order valence-electron chi connectivity index (χ1n) is 8.42. The van der Waals surface area contributed by atoms with Gasteiger partial charge in [-0.2, -0.15) is 13.2 Å². The Kier molecular flexibility index (Phi) is 3.90. The fraction of sp³-hybridized carbons (Fsp3) is 0.316. The number of nitrogens with zero attached hydrogens (tertiary/aromatic N) is 2. The van der Waals surface area contributed by atoms with Gasteiger partial charge >= 0.3 is 6.18 Å². The van der Waals surface area contributed by atoms with Gasteiger partial charge in [0.1, 0.15) is 0 Å². The van der Waals surface area contributed by atoms with E-state index in [1.165, 1.54) is 18.6 Å². The molecule has 6 heteroatoms. The van der Waals surface area contributed by atoms with E-state index >= 15 is 0 Å². The minimum absolute atomic E-state index is 0.561. The van der Waals surface area contributed by atoms with Crippen LogP contribution < -0.4 is 4.90 Å². The number of fused-ring (bicyclic) bond motifs is 1. The highest BCUT2D eigenvalue weighted by molar-refractivity contribution is 5.89. The molecule has 0 saturated carbocycles. The molecule has 1 N–H and O–H groups in total. The van der Waals surface area contributed by atoms with Crippen molar-refractivity contribution in [3.63, 3.8) is 0 Å². The van der Waals surface area contributed by atoms with Crippen LogP contribution in [-0.4, -0.2) is 23.1 Å². The third-order valence-electron chi connectivity index (χ3n) is 4.74. The molecule has 0 amide bonds. The summed E-state index contributed by atoms with van der Waals surface area (Å²) in [6.45, 7) is 1.97. The molecule has 2 aromatic heterocycles. The van der Waals surface area contributed by atoms with Crippen molar-refractivity contribution in [1.29, 1.82) is 0 Å². The zero-order valence-electron chi connectivity index (χ0n) is 13.6. The molecule has 0 radical (unpaired) electrons. The summed E-state index contributed by atoms with van der Waals surface area (Å²) in [5.41, 5.74) is 2.89. The standard InChI is InChI=1S/C19H18F3N3/c20-19(21,22)14-4-5-16-13(10-14)11-17(24-16)15-6-7-23-12-18(15)25-8-2-1-3-9-25/h4-7,10-12,24H,1-3,8-9H2. The molecule has 0 atom stereocenters. The molecule has 0 aliphatic carbocycles. The molecule has 3 heterocycles. The number of pyridine rings is 1. The van der Waals surface area contributed by atoms with Gasteiger partial charge in [-0.1, -0.05) is 0 Å². The topological polar surface area (TPSA) is 31.9 Å². The van der Waals surface area contributed by atoms with Crippen LogP contribution in [0.4, 0.5) is 18.9 Å². The number of benzene rings is 1. The highest BCUT2D eigenvalue weighted by Gasteiger charge is 2.30. The number of anilines is 1. The Balaban J connectivity index is 1.77. The number of aromatic amines is 1. The lowest BCUT2D eigenvalue weighted by Crippen LogP contribution is -2.29. The molecule has 25 heavy (non-hydrogen) atoms. The predicted octanol–water partition coefficient (Wildman–Crippen LogP) is 5.24. The van der Waals surface area contributed by atoms with Crippen LogP contribution in [0.5, 0.6) is 0 Å². The van der Waals surface area contributed by atoms with Gasteiger partial charge in [0.2, 0.25) is 0 Å². The van der Waals surface area contributed by atoms with E-state index in [4.69, 9.17) is 0 Å². The van der Waals surface area contributed by atoms with Crippen LogP contribution in [0.1, 0.15) is 24.8 Å². The number of nitrogens with one attached hydrogen (secondary N) is 1. The molecular weight excluding hydrogens is 327 g/mol. The second kappa shape index (κ2) is 6.10. The van der Waals surface area contributed by atoms with Crippen LogP contribution in [0.3, 0.4) is 0 Å². The quantitative estimate of drug-likeness (QED) is 0.689. The van der Waals surface area contributed by atoms with Gasteiger partial charge in [0.25, 0.3) is 0 Å². The Labute approximate surface area is 143 Å². The maximum Gasteiger partial charge on any atom is 0.416 e. The summed E-state index contributed by atoms with van der Waals surface area (Å²) in [5, 5.41) is 0.561. The maximum absolute atomic E-state index is 12.9. The van der Waals surface area contributed by atoms with Gasteiger partial charge in [0.15, 0.2) is 0 Å². The van der Waals surface area contributed by atoms with Crippen LogP contribution in [0.15, 0.2) is 42.7 Å². The van der Waals surface area contributed by atoms with Crippen molar-refractivity contribution in [3.05, 3.63) is 48.3 Å². The van der Waals surface area contributed by atoms with Crippen LogP contribution in [0.25, 0.3) is 22.2 Å². The van der Waals surface area contributed by atoms with Gasteiger partial charge in [-0.25, -0.2) is 0 Å². The maximum atomic E-state index is 12.9. The fourth-order valence-corrected chi connectivity index (χ4v) is 3.45. The second-order valence-electron chi connectivity index (χ2n) is 6.42. The molecule has 0 bridgehead atoms. The second-order valence-corrected chi connectivity index (χ2v) is 6.42. The number of hydrogen-bond donors (Lipinski definition) is 1. The van der Waals surface area contributed by atoms with Gasteiger partial charge in [-0.05, 0) is 49.6 Å². The summed E-state index contributed by atoms with van der Waals surface area (Å²) in [4.78, 5) is 9.79. The molecule has 130 valence electrons. The summed E-state index contributed by atoms with van der Waals surface area (Å²) in [6, 6.07) is 7.49. The summed E-state index contributed by atoms with van der Waals surface area (Å²) in [6.07, 6.45) is 2.76. The van der Waals surface area contributed by atoms with Gasteiger partial charge in [-0.15, -0.1) is 0 Å². The smallest absolute Gasteiger partial charge is 0.370 e. The van der Waals surface area contributed by atoms with Crippen molar-refractivity contribution in [2.75, 3.05) is 18.0 Å². The molecule has 0 unspecified atom stereocenters. The molecular formula is C19H18F3N3. The Morgan fingerprint density at radius 3 is 2.56 bits per heavy atom. The summed E-state index contributed by atoms with van der Waals surface area (Å²) >= 11 is 0. The number of alkyl halides is 3. The monoisotopic (exact) mass is 345 g/mol. The lowest BCUT2D eigenvalue weighted by atomic mass is 10.1. The number of H-pyrrole nitrogens is 1. The molecule has 1 fully saturated rings. The van der Waals surface area contributed by atoms with E-state index in [2.05, 4.69) is 14.9 Å². The number of halogens is 3. The van der Waals surface area contributed by atoms with E-state index in [-0.39, 0.29) is 0 Å². The molecule has 4 rings (SSSR count). The summed E-state index contributed by atoms with van der Waals surface area (Å²) in [7, 11) is 0. The molecule has 3 aromatic rings. The van der Waals surface area contributed by atoms with Crippen molar-refractivity contribution in [1.82, 2.24) is 9.97 Å². The zero-order valence-corrected chi connectivity index (χ0v) is 13.6. The number of rotatable bonds is 2. The van der Waals surface area contributed by atoms with Crippen molar-refractivity contribution in [2.45, 2.75) is 25.4 Å². The first-order chi connectivity index (χ1) is 12.0. The average Bonchev–Trinajstić information content (AvgIpc) is 3.05. The third kappa shape index (κ3) is 3.08. The number of piperidine rings is 1. The van der Waals surface area contributed by atoms with Crippen molar-refractivity contribution in [2.24, 2.45) is 0 Å². The normalized spacial score (nSPS) is 15.7. The highest BCUT2D eigenvalue weighted by Crippen LogP contribution is 2.35. The SMILES string of the molecule is FC(F)(F)c1ccc2[nH]c(-c3ccncc3N3CCCCC3)cc2c1.